The van der Waals surface area contributed by atoms with Gasteiger partial charge in [-0.15, -0.1) is 0 Å². The molecule has 1 amide bonds. The predicted molar refractivity (Wildman–Crippen MR) is 164 cm³/mol. The van der Waals surface area contributed by atoms with Gasteiger partial charge in [-0.3, -0.25) is 4.79 Å². The van der Waals surface area contributed by atoms with Crippen LogP contribution >= 0.6 is 0 Å². The van der Waals surface area contributed by atoms with Crippen LogP contribution in [0.1, 0.15) is 46.0 Å². The average Bonchev–Trinajstić information content (AvgIpc) is 2.97. The molecule has 41 heavy (non-hydrogen) atoms. The van der Waals surface area contributed by atoms with Crippen molar-refractivity contribution in [1.82, 2.24) is 9.97 Å². The van der Waals surface area contributed by atoms with Crippen LogP contribution in [0.25, 0.3) is 33.5 Å². The number of carbonyl (C=O) groups is 2. The summed E-state index contributed by atoms with van der Waals surface area (Å²) in [7, 11) is 0. The summed E-state index contributed by atoms with van der Waals surface area (Å²) >= 11 is 0. The number of anilines is 1. The Morgan fingerprint density at radius 3 is 1.85 bits per heavy atom. The Hall–Kier alpha value is -4.84. The normalized spacial score (nSPS) is 11.7. The van der Waals surface area contributed by atoms with Gasteiger partial charge in [0.1, 0.15) is 0 Å². The third kappa shape index (κ3) is 6.17. The number of nitrogens with one attached hydrogen (secondary N) is 1. The van der Waals surface area contributed by atoms with E-state index in [0.29, 0.717) is 28.7 Å². The lowest BCUT2D eigenvalue weighted by molar-refractivity contribution is -0.124. The summed E-state index contributed by atoms with van der Waals surface area (Å²) in [5.41, 5.74) is 10.1. The predicted octanol–water partition coefficient (Wildman–Crippen LogP) is 7.77. The summed E-state index contributed by atoms with van der Waals surface area (Å²) in [4.78, 5) is 36.0. The molecule has 0 spiro atoms. The van der Waals surface area contributed by atoms with Crippen LogP contribution in [0.5, 0.6) is 0 Å². The lowest BCUT2D eigenvalue weighted by Crippen LogP contribution is -2.32. The number of benzene rings is 4. The molecule has 6 heteroatoms. The third-order valence-electron chi connectivity index (χ3n) is 7.24. The van der Waals surface area contributed by atoms with E-state index < -0.39 is 12.1 Å². The van der Waals surface area contributed by atoms with Crippen molar-refractivity contribution < 1.29 is 14.3 Å². The first-order chi connectivity index (χ1) is 19.7. The van der Waals surface area contributed by atoms with E-state index in [2.05, 4.69) is 17.4 Å². The van der Waals surface area contributed by atoms with Gasteiger partial charge in [0.2, 0.25) is 0 Å². The molecule has 0 aliphatic heterocycles. The SMILES string of the molecule is CCC(OC(=O)c1ccc2nc(-c3ccc(C)cc3)c(-c3ccc(C)cc3)nc2c1)C(=O)Nc1ccc(C)c(C)c1. The zero-order chi connectivity index (χ0) is 29.1. The van der Waals surface area contributed by atoms with Crippen molar-refractivity contribution in [3.63, 3.8) is 0 Å². The minimum absolute atomic E-state index is 0.308. The van der Waals surface area contributed by atoms with Gasteiger partial charge in [0.15, 0.2) is 6.10 Å². The van der Waals surface area contributed by atoms with Crippen molar-refractivity contribution in [2.24, 2.45) is 0 Å². The van der Waals surface area contributed by atoms with Gasteiger partial charge in [0.25, 0.3) is 5.91 Å². The topological polar surface area (TPSA) is 81.2 Å². The van der Waals surface area contributed by atoms with Crippen molar-refractivity contribution in [3.8, 4) is 22.5 Å². The third-order valence-corrected chi connectivity index (χ3v) is 7.24. The zero-order valence-corrected chi connectivity index (χ0v) is 24.0. The van der Waals surface area contributed by atoms with Gasteiger partial charge in [0.05, 0.1) is 28.0 Å². The lowest BCUT2D eigenvalue weighted by Gasteiger charge is -2.17. The molecule has 0 bridgehead atoms. The minimum Gasteiger partial charge on any atom is -0.449 e. The summed E-state index contributed by atoms with van der Waals surface area (Å²) in [5, 5.41) is 2.86. The fraction of sp³-hybridized carbons (Fsp3) is 0.200. The maximum absolute atomic E-state index is 13.2. The monoisotopic (exact) mass is 543 g/mol. The summed E-state index contributed by atoms with van der Waals surface area (Å²) < 4.78 is 5.66. The molecule has 0 saturated carbocycles. The molecule has 206 valence electrons. The van der Waals surface area contributed by atoms with E-state index in [0.717, 1.165) is 44.8 Å². The second kappa shape index (κ2) is 11.7. The summed E-state index contributed by atoms with van der Waals surface area (Å²) in [5.74, 6) is -0.954. The maximum atomic E-state index is 13.2. The standard InChI is InChI=1S/C35H33N3O3/c1-6-31(34(39)36-28-17-11-23(4)24(5)19-28)41-35(40)27-16-18-29-30(20-27)38-33(26-14-9-22(3)10-15-26)32(37-29)25-12-7-21(2)8-13-25/h7-20,31H,6H2,1-5H3,(H,36,39). The molecule has 0 aliphatic carbocycles. The van der Waals surface area contributed by atoms with Crippen molar-refractivity contribution in [1.29, 1.82) is 0 Å². The molecular formula is C35H33N3O3. The fourth-order valence-corrected chi connectivity index (χ4v) is 4.57. The van der Waals surface area contributed by atoms with Crippen molar-refractivity contribution in [2.75, 3.05) is 5.32 Å². The quantitative estimate of drug-likeness (QED) is 0.212. The second-order valence-corrected chi connectivity index (χ2v) is 10.4. The molecule has 1 unspecified atom stereocenters. The summed E-state index contributed by atoms with van der Waals surface area (Å²) in [6, 6.07) is 27.1. The van der Waals surface area contributed by atoms with E-state index in [1.165, 1.54) is 0 Å². The van der Waals surface area contributed by atoms with Crippen LogP contribution in [-0.2, 0) is 9.53 Å². The van der Waals surface area contributed by atoms with E-state index in [-0.39, 0.29) is 5.91 Å². The van der Waals surface area contributed by atoms with Crippen LogP contribution < -0.4 is 5.32 Å². The number of hydrogen-bond acceptors (Lipinski definition) is 5. The number of aromatic nitrogens is 2. The van der Waals surface area contributed by atoms with Gasteiger partial charge in [0, 0.05) is 16.8 Å². The number of aryl methyl sites for hydroxylation is 4. The van der Waals surface area contributed by atoms with Gasteiger partial charge < -0.3 is 10.1 Å². The van der Waals surface area contributed by atoms with Gasteiger partial charge in [-0.1, -0.05) is 72.6 Å². The Labute approximate surface area is 240 Å². The van der Waals surface area contributed by atoms with Gasteiger partial charge in [-0.25, -0.2) is 14.8 Å². The molecule has 5 aromatic rings. The Balaban J connectivity index is 1.45. The molecular weight excluding hydrogens is 510 g/mol. The number of fused-ring (bicyclic) bond motifs is 1. The summed E-state index contributed by atoms with van der Waals surface area (Å²) in [6.07, 6.45) is -0.592. The highest BCUT2D eigenvalue weighted by Crippen LogP contribution is 2.32. The van der Waals surface area contributed by atoms with Crippen LogP contribution in [-0.4, -0.2) is 27.9 Å². The molecule has 5 rings (SSSR count). The van der Waals surface area contributed by atoms with E-state index in [9.17, 15) is 9.59 Å². The van der Waals surface area contributed by atoms with E-state index in [1.807, 2.05) is 89.2 Å². The molecule has 0 aliphatic rings. The molecule has 1 atom stereocenters. The largest absolute Gasteiger partial charge is 0.449 e. The zero-order valence-electron chi connectivity index (χ0n) is 24.0. The highest BCUT2D eigenvalue weighted by Gasteiger charge is 2.23. The van der Waals surface area contributed by atoms with Crippen LogP contribution in [0.15, 0.2) is 84.9 Å². The van der Waals surface area contributed by atoms with Gasteiger partial charge in [-0.05, 0) is 75.6 Å². The van der Waals surface area contributed by atoms with Gasteiger partial charge in [-0.2, -0.15) is 0 Å². The molecule has 6 nitrogen and oxygen atoms in total. The second-order valence-electron chi connectivity index (χ2n) is 10.4. The number of ether oxygens (including phenoxy) is 1. The highest BCUT2D eigenvalue weighted by atomic mass is 16.5. The van der Waals surface area contributed by atoms with Crippen molar-refractivity contribution in [2.45, 2.75) is 47.1 Å². The number of hydrogen-bond donors (Lipinski definition) is 1. The molecule has 4 aromatic carbocycles. The molecule has 0 saturated heterocycles. The first-order valence-corrected chi connectivity index (χ1v) is 13.8. The van der Waals surface area contributed by atoms with Crippen LogP contribution in [0.4, 0.5) is 5.69 Å². The van der Waals surface area contributed by atoms with Crippen LogP contribution in [0.2, 0.25) is 0 Å². The van der Waals surface area contributed by atoms with E-state index in [4.69, 9.17) is 14.7 Å². The fourth-order valence-electron chi connectivity index (χ4n) is 4.57. The smallest absolute Gasteiger partial charge is 0.338 e. The maximum Gasteiger partial charge on any atom is 0.338 e. The summed E-state index contributed by atoms with van der Waals surface area (Å²) in [6.45, 7) is 9.90. The first kappa shape index (κ1) is 27.7. The lowest BCUT2D eigenvalue weighted by atomic mass is 10.0. The molecule has 1 heterocycles. The number of nitrogens with zero attached hydrogens (tertiary/aromatic N) is 2. The number of rotatable bonds is 7. The van der Waals surface area contributed by atoms with Gasteiger partial charge >= 0.3 is 5.97 Å². The number of carbonyl (C=O) groups excluding carboxylic acids is 2. The van der Waals surface area contributed by atoms with Crippen molar-refractivity contribution in [3.05, 3.63) is 113 Å². The molecule has 0 radical (unpaired) electrons. The minimum atomic E-state index is -0.932. The van der Waals surface area contributed by atoms with Crippen LogP contribution in [0, 0.1) is 27.7 Å². The van der Waals surface area contributed by atoms with Crippen molar-refractivity contribution >= 4 is 28.6 Å². The Morgan fingerprint density at radius 2 is 1.29 bits per heavy atom. The van der Waals surface area contributed by atoms with E-state index >= 15 is 0 Å². The number of esters is 1. The Morgan fingerprint density at radius 1 is 0.707 bits per heavy atom. The average molecular weight is 544 g/mol. The first-order valence-electron chi connectivity index (χ1n) is 13.8. The molecule has 1 aromatic heterocycles. The number of amides is 1. The Kier molecular flexibility index (Phi) is 7.92. The van der Waals surface area contributed by atoms with E-state index in [1.54, 1.807) is 18.2 Å². The molecule has 1 N–H and O–H groups in total. The highest BCUT2D eigenvalue weighted by molar-refractivity contribution is 5.99. The Bertz CT molecular complexity index is 1740. The van der Waals surface area contributed by atoms with Crippen LogP contribution in [0.3, 0.4) is 0 Å². The molecule has 0 fully saturated rings.